The van der Waals surface area contributed by atoms with Crippen molar-refractivity contribution in [1.82, 2.24) is 0 Å². The van der Waals surface area contributed by atoms with Crippen LogP contribution in [0.1, 0.15) is 22.3 Å². The SMILES string of the molecule is Cc1cc(C)cc(N(c2cc(C)cc(C)c2)c2ccc3c(c2)oc2cc4oc5ccc(-c6ccccc6)cc5c(=O)c4cc23)c1. The Labute approximate surface area is 260 Å². The molecule has 8 aromatic rings. The van der Waals surface area contributed by atoms with E-state index in [1.165, 1.54) is 22.3 Å². The van der Waals surface area contributed by atoms with E-state index in [1.807, 2.05) is 60.7 Å². The molecule has 4 nitrogen and oxygen atoms in total. The minimum Gasteiger partial charge on any atom is -0.456 e. The predicted octanol–water partition coefficient (Wildman–Crippen LogP) is 11.2. The molecule has 218 valence electrons. The Morgan fingerprint density at radius 1 is 0.422 bits per heavy atom. The highest BCUT2D eigenvalue weighted by atomic mass is 16.3. The zero-order chi connectivity index (χ0) is 30.8. The lowest BCUT2D eigenvalue weighted by molar-refractivity contribution is 0.650. The van der Waals surface area contributed by atoms with Crippen LogP contribution in [0.2, 0.25) is 0 Å². The van der Waals surface area contributed by atoms with Crippen molar-refractivity contribution in [2.75, 3.05) is 4.90 Å². The molecule has 0 spiro atoms. The summed E-state index contributed by atoms with van der Waals surface area (Å²) in [6.45, 7) is 8.52. The van der Waals surface area contributed by atoms with E-state index in [2.05, 4.69) is 87.2 Å². The summed E-state index contributed by atoms with van der Waals surface area (Å²) in [5.74, 6) is 0. The van der Waals surface area contributed by atoms with Gasteiger partial charge in [-0.2, -0.15) is 0 Å². The second kappa shape index (κ2) is 10.2. The number of rotatable bonds is 4. The summed E-state index contributed by atoms with van der Waals surface area (Å²) in [6, 6.07) is 39.2. The molecule has 0 saturated carbocycles. The first-order chi connectivity index (χ1) is 21.8. The molecule has 0 atom stereocenters. The monoisotopic (exact) mass is 585 g/mol. The summed E-state index contributed by atoms with van der Waals surface area (Å²) in [5.41, 5.74) is 12.5. The van der Waals surface area contributed by atoms with Gasteiger partial charge in [0.15, 0.2) is 0 Å². The van der Waals surface area contributed by atoms with Gasteiger partial charge in [-0.05, 0) is 116 Å². The van der Waals surface area contributed by atoms with Crippen LogP contribution in [0, 0.1) is 27.7 Å². The fourth-order valence-electron chi connectivity index (χ4n) is 6.67. The molecule has 4 heteroatoms. The molecule has 0 bridgehead atoms. The van der Waals surface area contributed by atoms with Crippen molar-refractivity contribution in [3.8, 4) is 11.1 Å². The average Bonchev–Trinajstić information content (AvgIpc) is 3.36. The summed E-state index contributed by atoms with van der Waals surface area (Å²) in [7, 11) is 0. The zero-order valence-corrected chi connectivity index (χ0v) is 25.6. The van der Waals surface area contributed by atoms with Gasteiger partial charge in [-0.15, -0.1) is 0 Å². The van der Waals surface area contributed by atoms with Crippen molar-refractivity contribution in [3.05, 3.63) is 148 Å². The summed E-state index contributed by atoms with van der Waals surface area (Å²) in [4.78, 5) is 16.1. The first-order valence-electron chi connectivity index (χ1n) is 15.2. The second-order valence-corrected chi connectivity index (χ2v) is 12.2. The molecule has 0 aliphatic rings. The fraction of sp³-hybridized carbons (Fsp3) is 0.0976. The number of benzene rings is 6. The zero-order valence-electron chi connectivity index (χ0n) is 25.6. The molecule has 0 aliphatic carbocycles. The van der Waals surface area contributed by atoms with Crippen LogP contribution in [-0.4, -0.2) is 0 Å². The standard InChI is InChI=1S/C41H31NO3/c1-24-14-25(2)17-31(16-24)42(32-18-26(3)15-27(4)19-32)30-11-12-33-34-22-36-40(23-39(34)45-38(33)21-30)44-37-13-10-29(20-35(37)41(36)43)28-8-6-5-7-9-28/h5-23H,1-4H3. The quantitative estimate of drug-likeness (QED) is 0.193. The Bertz CT molecular complexity index is 2410. The van der Waals surface area contributed by atoms with E-state index >= 15 is 0 Å². The molecule has 6 aromatic carbocycles. The van der Waals surface area contributed by atoms with Gasteiger partial charge in [0, 0.05) is 40.0 Å². The molecule has 45 heavy (non-hydrogen) atoms. The molecule has 0 N–H and O–H groups in total. The van der Waals surface area contributed by atoms with Crippen LogP contribution in [-0.2, 0) is 0 Å². The maximum absolute atomic E-state index is 13.8. The number of furan rings is 1. The van der Waals surface area contributed by atoms with E-state index in [9.17, 15) is 4.79 Å². The van der Waals surface area contributed by atoms with Gasteiger partial charge in [0.2, 0.25) is 5.43 Å². The van der Waals surface area contributed by atoms with Crippen molar-refractivity contribution >= 4 is 60.9 Å². The van der Waals surface area contributed by atoms with Gasteiger partial charge in [-0.1, -0.05) is 48.5 Å². The summed E-state index contributed by atoms with van der Waals surface area (Å²) in [6.07, 6.45) is 0. The van der Waals surface area contributed by atoms with Crippen molar-refractivity contribution in [3.63, 3.8) is 0 Å². The van der Waals surface area contributed by atoms with Crippen LogP contribution < -0.4 is 10.3 Å². The van der Waals surface area contributed by atoms with Gasteiger partial charge in [-0.3, -0.25) is 4.79 Å². The number of hydrogen-bond donors (Lipinski definition) is 0. The van der Waals surface area contributed by atoms with Crippen molar-refractivity contribution in [1.29, 1.82) is 0 Å². The van der Waals surface area contributed by atoms with Gasteiger partial charge >= 0.3 is 0 Å². The first kappa shape index (κ1) is 27.0. The highest BCUT2D eigenvalue weighted by Gasteiger charge is 2.18. The van der Waals surface area contributed by atoms with Gasteiger partial charge in [0.05, 0.1) is 10.8 Å². The molecule has 2 heterocycles. The number of fused-ring (bicyclic) bond motifs is 5. The lowest BCUT2D eigenvalue weighted by atomic mass is 10.0. The van der Waals surface area contributed by atoms with Crippen LogP contribution in [0.3, 0.4) is 0 Å². The van der Waals surface area contributed by atoms with Gasteiger partial charge < -0.3 is 13.7 Å². The average molecular weight is 586 g/mol. The summed E-state index contributed by atoms with van der Waals surface area (Å²) in [5, 5.41) is 2.95. The smallest absolute Gasteiger partial charge is 0.200 e. The van der Waals surface area contributed by atoms with Crippen molar-refractivity contribution in [2.45, 2.75) is 27.7 Å². The van der Waals surface area contributed by atoms with E-state index in [1.54, 1.807) is 0 Å². The minimum absolute atomic E-state index is 0.0484. The normalized spacial score (nSPS) is 11.6. The molecule has 0 fully saturated rings. The molecular formula is C41H31NO3. The Morgan fingerprint density at radius 2 is 1.00 bits per heavy atom. The molecular weight excluding hydrogens is 554 g/mol. The van der Waals surface area contributed by atoms with E-state index < -0.39 is 0 Å². The predicted molar refractivity (Wildman–Crippen MR) is 186 cm³/mol. The molecule has 8 rings (SSSR count). The summed E-state index contributed by atoms with van der Waals surface area (Å²) >= 11 is 0. The van der Waals surface area contributed by atoms with E-state index in [-0.39, 0.29) is 5.43 Å². The molecule has 0 saturated heterocycles. The van der Waals surface area contributed by atoms with Crippen molar-refractivity contribution in [2.24, 2.45) is 0 Å². The third-order valence-corrected chi connectivity index (χ3v) is 8.54. The first-order valence-corrected chi connectivity index (χ1v) is 15.2. The Kier molecular flexibility index (Phi) is 6.14. The number of aryl methyl sites for hydroxylation is 4. The summed E-state index contributed by atoms with van der Waals surface area (Å²) < 4.78 is 12.7. The molecule has 0 aliphatic heterocycles. The largest absolute Gasteiger partial charge is 0.456 e. The van der Waals surface area contributed by atoms with Gasteiger partial charge in [0.1, 0.15) is 22.3 Å². The number of hydrogen-bond acceptors (Lipinski definition) is 4. The third-order valence-electron chi connectivity index (χ3n) is 8.54. The molecule has 0 unspecified atom stereocenters. The minimum atomic E-state index is -0.0484. The highest BCUT2D eigenvalue weighted by molar-refractivity contribution is 6.11. The van der Waals surface area contributed by atoms with Crippen LogP contribution >= 0.6 is 0 Å². The van der Waals surface area contributed by atoms with Crippen molar-refractivity contribution < 1.29 is 8.83 Å². The Hall–Kier alpha value is -5.61. The second-order valence-electron chi connectivity index (χ2n) is 12.2. The maximum atomic E-state index is 13.8. The van der Waals surface area contributed by atoms with Crippen LogP contribution in [0.4, 0.5) is 17.1 Å². The van der Waals surface area contributed by atoms with E-state index in [0.717, 1.165) is 44.5 Å². The Morgan fingerprint density at radius 3 is 1.67 bits per heavy atom. The van der Waals surface area contributed by atoms with E-state index in [0.29, 0.717) is 27.5 Å². The molecule has 2 aromatic heterocycles. The van der Waals surface area contributed by atoms with Gasteiger partial charge in [-0.25, -0.2) is 0 Å². The highest BCUT2D eigenvalue weighted by Crippen LogP contribution is 2.40. The molecule has 0 amide bonds. The third kappa shape index (κ3) is 4.67. The van der Waals surface area contributed by atoms with Crippen LogP contribution in [0.5, 0.6) is 0 Å². The molecule has 0 radical (unpaired) electrons. The van der Waals surface area contributed by atoms with Crippen LogP contribution in [0.15, 0.2) is 129 Å². The topological polar surface area (TPSA) is 46.6 Å². The number of nitrogens with zero attached hydrogens (tertiary/aromatic N) is 1. The lowest BCUT2D eigenvalue weighted by Gasteiger charge is -2.27. The fourth-order valence-corrected chi connectivity index (χ4v) is 6.67. The number of anilines is 3. The van der Waals surface area contributed by atoms with E-state index in [4.69, 9.17) is 8.83 Å². The van der Waals surface area contributed by atoms with Gasteiger partial charge in [0.25, 0.3) is 0 Å². The lowest BCUT2D eigenvalue weighted by Crippen LogP contribution is -2.11. The van der Waals surface area contributed by atoms with Crippen LogP contribution in [0.25, 0.3) is 55.0 Å². The Balaban J connectivity index is 1.31. The maximum Gasteiger partial charge on any atom is 0.200 e.